The fraction of sp³-hybridized carbons (Fsp3) is 0.500. The van der Waals surface area contributed by atoms with Crippen LogP contribution in [0.15, 0.2) is 36.5 Å². The second-order valence-corrected chi connectivity index (χ2v) is 6.87. The van der Waals surface area contributed by atoms with Crippen molar-refractivity contribution in [1.29, 1.82) is 0 Å². The van der Waals surface area contributed by atoms with Gasteiger partial charge in [0.25, 0.3) is 0 Å². The van der Waals surface area contributed by atoms with E-state index in [4.69, 9.17) is 0 Å². The van der Waals surface area contributed by atoms with E-state index >= 15 is 0 Å². The van der Waals surface area contributed by atoms with Crippen LogP contribution < -0.4 is 10.6 Å². The molecule has 2 aromatic rings. The van der Waals surface area contributed by atoms with Crippen LogP contribution in [0, 0.1) is 17.8 Å². The van der Waals surface area contributed by atoms with Crippen molar-refractivity contribution < 1.29 is 4.79 Å². The van der Waals surface area contributed by atoms with E-state index < -0.39 is 0 Å². The number of amides is 1. The van der Waals surface area contributed by atoms with Gasteiger partial charge in [-0.05, 0) is 49.8 Å². The number of nitrogens with one attached hydrogen (secondary N) is 2. The second-order valence-electron chi connectivity index (χ2n) is 6.87. The first-order chi connectivity index (χ1) is 11.8. The van der Waals surface area contributed by atoms with Crippen molar-refractivity contribution in [3.8, 4) is 0 Å². The van der Waals surface area contributed by atoms with Gasteiger partial charge in [0.1, 0.15) is 0 Å². The van der Waals surface area contributed by atoms with Crippen LogP contribution in [-0.4, -0.2) is 34.0 Å². The topological polar surface area (TPSA) is 71.8 Å². The van der Waals surface area contributed by atoms with Crippen molar-refractivity contribution in [2.45, 2.75) is 25.8 Å². The zero-order chi connectivity index (χ0) is 16.4. The van der Waals surface area contributed by atoms with E-state index in [-0.39, 0.29) is 11.8 Å². The fourth-order valence-corrected chi connectivity index (χ4v) is 3.73. The third kappa shape index (κ3) is 3.48. The van der Waals surface area contributed by atoms with Gasteiger partial charge in [-0.15, -0.1) is 5.10 Å². The minimum absolute atomic E-state index is 0.102. The zero-order valence-corrected chi connectivity index (χ0v) is 13.7. The number of carbonyl (C=O) groups excluding carboxylic acids is 1. The van der Waals surface area contributed by atoms with Crippen LogP contribution in [0.2, 0.25) is 0 Å². The number of hydrogen-bond acceptors (Lipinski definition) is 4. The van der Waals surface area contributed by atoms with Gasteiger partial charge in [0.05, 0.1) is 12.7 Å². The Kier molecular flexibility index (Phi) is 4.30. The van der Waals surface area contributed by atoms with Gasteiger partial charge in [0.2, 0.25) is 5.91 Å². The molecule has 2 N–H and O–H groups in total. The van der Waals surface area contributed by atoms with Crippen molar-refractivity contribution in [3.05, 3.63) is 42.1 Å². The van der Waals surface area contributed by atoms with E-state index in [0.717, 1.165) is 25.1 Å². The Morgan fingerprint density at radius 2 is 2.04 bits per heavy atom. The maximum atomic E-state index is 12.4. The Balaban J connectivity index is 1.30. The summed E-state index contributed by atoms with van der Waals surface area (Å²) in [5.41, 5.74) is 1.16. The summed E-state index contributed by atoms with van der Waals surface area (Å²) in [6, 6.07) is 10.1. The highest BCUT2D eigenvalue weighted by atomic mass is 16.2. The maximum Gasteiger partial charge on any atom is 0.229 e. The van der Waals surface area contributed by atoms with Crippen LogP contribution in [0.5, 0.6) is 0 Å². The summed E-state index contributed by atoms with van der Waals surface area (Å²) in [5.74, 6) is 2.08. The fourth-order valence-electron chi connectivity index (χ4n) is 3.73. The smallest absolute Gasteiger partial charge is 0.229 e. The van der Waals surface area contributed by atoms with Gasteiger partial charge in [0, 0.05) is 5.92 Å². The number of piperidine rings is 1. The molecule has 6 heteroatoms. The molecule has 2 atom stereocenters. The summed E-state index contributed by atoms with van der Waals surface area (Å²) in [7, 11) is 0. The van der Waals surface area contributed by atoms with Crippen molar-refractivity contribution in [3.63, 3.8) is 0 Å². The predicted molar refractivity (Wildman–Crippen MR) is 91.4 cm³/mol. The molecule has 0 unspecified atom stereocenters. The summed E-state index contributed by atoms with van der Waals surface area (Å²) in [6.45, 7) is 2.83. The molecule has 0 bridgehead atoms. The lowest BCUT2D eigenvalue weighted by Gasteiger charge is -2.22. The van der Waals surface area contributed by atoms with Crippen LogP contribution in [-0.2, 0) is 11.3 Å². The zero-order valence-electron chi connectivity index (χ0n) is 13.7. The first-order valence-corrected chi connectivity index (χ1v) is 8.75. The van der Waals surface area contributed by atoms with Gasteiger partial charge >= 0.3 is 0 Å². The number of carbonyl (C=O) groups is 1. The first kappa shape index (κ1) is 15.3. The summed E-state index contributed by atoms with van der Waals surface area (Å²) < 4.78 is 1.75. The molecule has 1 aromatic heterocycles. The van der Waals surface area contributed by atoms with Gasteiger partial charge in [-0.2, -0.15) is 0 Å². The van der Waals surface area contributed by atoms with Crippen molar-refractivity contribution in [2.24, 2.45) is 17.8 Å². The Morgan fingerprint density at radius 1 is 1.25 bits per heavy atom. The molecule has 2 heterocycles. The predicted octanol–water partition coefficient (Wildman–Crippen LogP) is 1.90. The highest BCUT2D eigenvalue weighted by molar-refractivity contribution is 5.93. The van der Waals surface area contributed by atoms with Gasteiger partial charge in [0.15, 0.2) is 5.82 Å². The van der Waals surface area contributed by atoms with E-state index in [1.807, 2.05) is 30.3 Å². The molecule has 1 aliphatic carbocycles. The molecule has 1 aromatic carbocycles. The summed E-state index contributed by atoms with van der Waals surface area (Å²) >= 11 is 0. The summed E-state index contributed by atoms with van der Waals surface area (Å²) in [5, 5.41) is 14.5. The standard InChI is InChI=1S/C18H23N5O/c24-18(16-10-15(16)14-6-8-19-9-7-14)20-17-12-23(22-21-17)11-13-4-2-1-3-5-13/h1-5,12,14-16,19H,6-11H2,(H,20,24)/t15-,16+/m0/s1. The van der Waals surface area contributed by atoms with Gasteiger partial charge < -0.3 is 10.6 Å². The van der Waals surface area contributed by atoms with E-state index in [2.05, 4.69) is 20.9 Å². The van der Waals surface area contributed by atoms with E-state index in [9.17, 15) is 4.79 Å². The molecule has 2 fully saturated rings. The number of rotatable bonds is 5. The minimum Gasteiger partial charge on any atom is -0.317 e. The molecule has 0 radical (unpaired) electrons. The third-order valence-corrected chi connectivity index (χ3v) is 5.14. The monoisotopic (exact) mass is 325 g/mol. The van der Waals surface area contributed by atoms with Gasteiger partial charge in [-0.1, -0.05) is 35.5 Å². The normalized spacial score (nSPS) is 23.8. The quantitative estimate of drug-likeness (QED) is 0.881. The van der Waals surface area contributed by atoms with Crippen LogP contribution in [0.1, 0.15) is 24.8 Å². The highest BCUT2D eigenvalue weighted by Gasteiger charge is 2.47. The number of anilines is 1. The minimum atomic E-state index is 0.102. The van der Waals surface area contributed by atoms with Crippen molar-refractivity contribution in [2.75, 3.05) is 18.4 Å². The highest BCUT2D eigenvalue weighted by Crippen LogP contribution is 2.47. The molecule has 24 heavy (non-hydrogen) atoms. The number of aromatic nitrogens is 3. The molecule has 1 saturated carbocycles. The Morgan fingerprint density at radius 3 is 2.83 bits per heavy atom. The first-order valence-electron chi connectivity index (χ1n) is 8.75. The SMILES string of the molecule is O=C(Nc1cn(Cc2ccccc2)nn1)[C@@H]1C[C@H]1C1CCNCC1. The molecular weight excluding hydrogens is 302 g/mol. The average molecular weight is 325 g/mol. The third-order valence-electron chi connectivity index (χ3n) is 5.14. The number of hydrogen-bond donors (Lipinski definition) is 2. The van der Waals surface area contributed by atoms with E-state index in [0.29, 0.717) is 24.2 Å². The lowest BCUT2D eigenvalue weighted by molar-refractivity contribution is -0.117. The number of benzene rings is 1. The lowest BCUT2D eigenvalue weighted by atomic mass is 9.92. The molecule has 4 rings (SSSR count). The van der Waals surface area contributed by atoms with Crippen LogP contribution >= 0.6 is 0 Å². The Labute approximate surface area is 141 Å². The van der Waals surface area contributed by atoms with E-state index in [1.54, 1.807) is 10.9 Å². The summed E-state index contributed by atoms with van der Waals surface area (Å²) in [6.07, 6.45) is 5.21. The Bertz CT molecular complexity index is 692. The summed E-state index contributed by atoms with van der Waals surface area (Å²) in [4.78, 5) is 12.4. The largest absolute Gasteiger partial charge is 0.317 e. The van der Waals surface area contributed by atoms with Crippen LogP contribution in [0.25, 0.3) is 0 Å². The number of nitrogens with zero attached hydrogens (tertiary/aromatic N) is 3. The average Bonchev–Trinajstić information content (AvgIpc) is 3.32. The maximum absolute atomic E-state index is 12.4. The van der Waals surface area contributed by atoms with E-state index in [1.165, 1.54) is 12.8 Å². The molecule has 2 aliphatic rings. The molecular formula is C18H23N5O. The molecule has 0 spiro atoms. The Hall–Kier alpha value is -2.21. The van der Waals surface area contributed by atoms with Crippen molar-refractivity contribution >= 4 is 11.7 Å². The van der Waals surface area contributed by atoms with Gasteiger partial charge in [-0.3, -0.25) is 4.79 Å². The van der Waals surface area contributed by atoms with Crippen LogP contribution in [0.3, 0.4) is 0 Å². The molecule has 6 nitrogen and oxygen atoms in total. The molecule has 1 saturated heterocycles. The lowest BCUT2D eigenvalue weighted by Crippen LogP contribution is -2.29. The van der Waals surface area contributed by atoms with Crippen molar-refractivity contribution in [1.82, 2.24) is 20.3 Å². The van der Waals surface area contributed by atoms with Gasteiger partial charge in [-0.25, -0.2) is 4.68 Å². The molecule has 1 aliphatic heterocycles. The molecule has 126 valence electrons. The second kappa shape index (κ2) is 6.73. The molecule has 1 amide bonds. The van der Waals surface area contributed by atoms with Crippen LogP contribution in [0.4, 0.5) is 5.82 Å².